The molecule has 0 spiro atoms. The van der Waals surface area contributed by atoms with Crippen molar-refractivity contribution in [1.29, 1.82) is 0 Å². The molecule has 114 valence electrons. The first-order valence-corrected chi connectivity index (χ1v) is 7.82. The van der Waals surface area contributed by atoms with Crippen molar-refractivity contribution in [3.05, 3.63) is 58.5 Å². The number of benzene rings is 1. The molecule has 1 aliphatic carbocycles. The van der Waals surface area contributed by atoms with Crippen LogP contribution in [-0.4, -0.2) is 23.4 Å². The minimum absolute atomic E-state index is 0.0360. The van der Waals surface area contributed by atoms with Gasteiger partial charge in [-0.25, -0.2) is 4.39 Å². The van der Waals surface area contributed by atoms with Gasteiger partial charge in [-0.05, 0) is 42.0 Å². The van der Waals surface area contributed by atoms with Gasteiger partial charge in [-0.15, -0.1) is 0 Å². The lowest BCUT2D eigenvalue weighted by Gasteiger charge is -2.26. The van der Waals surface area contributed by atoms with Gasteiger partial charge < -0.3 is 4.74 Å². The first-order valence-electron chi connectivity index (χ1n) is 7.02. The summed E-state index contributed by atoms with van der Waals surface area (Å²) in [5.41, 5.74) is 3.72. The molecule has 0 amide bonds. The molecule has 1 heterocycles. The van der Waals surface area contributed by atoms with Crippen LogP contribution in [0.5, 0.6) is 0 Å². The van der Waals surface area contributed by atoms with E-state index in [4.69, 9.17) is 4.74 Å². The Balaban J connectivity index is 1.96. The van der Waals surface area contributed by atoms with Crippen molar-refractivity contribution >= 4 is 21.5 Å². The minimum atomic E-state index is -0.251. The van der Waals surface area contributed by atoms with Crippen LogP contribution in [0.2, 0.25) is 0 Å². The van der Waals surface area contributed by atoms with Crippen LogP contribution in [0.25, 0.3) is 16.8 Å². The van der Waals surface area contributed by atoms with Crippen molar-refractivity contribution in [3.8, 4) is 11.3 Å². The summed E-state index contributed by atoms with van der Waals surface area (Å²) >= 11 is 3.60. The molecule has 1 aliphatic rings. The summed E-state index contributed by atoms with van der Waals surface area (Å²) in [7, 11) is 1.71. The van der Waals surface area contributed by atoms with Crippen molar-refractivity contribution in [2.24, 2.45) is 5.92 Å². The highest BCUT2D eigenvalue weighted by Crippen LogP contribution is 2.37. The molecule has 1 N–H and O–H groups in total. The van der Waals surface area contributed by atoms with Gasteiger partial charge in [-0.3, -0.25) is 5.10 Å². The van der Waals surface area contributed by atoms with Gasteiger partial charge >= 0.3 is 0 Å². The molecule has 2 aromatic rings. The number of halogens is 2. The summed E-state index contributed by atoms with van der Waals surface area (Å²) in [6.45, 7) is 2.12. The quantitative estimate of drug-likeness (QED) is 0.869. The van der Waals surface area contributed by atoms with E-state index >= 15 is 0 Å². The molecular weight excluding hydrogens is 347 g/mol. The molecule has 0 aliphatic heterocycles. The van der Waals surface area contributed by atoms with E-state index in [0.717, 1.165) is 27.0 Å². The molecule has 2 unspecified atom stereocenters. The van der Waals surface area contributed by atoms with E-state index < -0.39 is 0 Å². The number of hydrogen-bond donors (Lipinski definition) is 1. The van der Waals surface area contributed by atoms with Crippen LogP contribution < -0.4 is 0 Å². The van der Waals surface area contributed by atoms with E-state index in [-0.39, 0.29) is 17.8 Å². The second-order valence-electron chi connectivity index (χ2n) is 5.28. The normalized spacial score (nSPS) is 21.5. The number of hydrogen-bond acceptors (Lipinski definition) is 2. The van der Waals surface area contributed by atoms with Crippen molar-refractivity contribution in [1.82, 2.24) is 10.2 Å². The molecule has 0 saturated carbocycles. The maximum atomic E-state index is 13.0. The number of nitrogens with zero attached hydrogens (tertiary/aromatic N) is 1. The number of aromatic nitrogens is 2. The van der Waals surface area contributed by atoms with Crippen LogP contribution >= 0.6 is 15.9 Å². The summed E-state index contributed by atoms with van der Waals surface area (Å²) in [4.78, 5) is 0. The first-order chi connectivity index (χ1) is 10.6. The zero-order valence-corrected chi connectivity index (χ0v) is 13.9. The summed E-state index contributed by atoms with van der Waals surface area (Å²) in [5, 5.41) is 7.42. The summed E-state index contributed by atoms with van der Waals surface area (Å²) in [6, 6.07) is 8.30. The van der Waals surface area contributed by atoms with Crippen molar-refractivity contribution in [2.75, 3.05) is 7.11 Å². The van der Waals surface area contributed by atoms with Gasteiger partial charge in [0.2, 0.25) is 0 Å². The van der Waals surface area contributed by atoms with Crippen molar-refractivity contribution < 1.29 is 9.13 Å². The highest BCUT2D eigenvalue weighted by atomic mass is 79.9. The molecule has 1 aromatic heterocycles. The number of aromatic amines is 1. The molecular formula is C17H16BrFN2O. The number of nitrogens with one attached hydrogen (secondary N) is 1. The maximum absolute atomic E-state index is 13.0. The fourth-order valence-corrected chi connectivity index (χ4v) is 3.43. The fraction of sp³-hybridized carbons (Fsp3) is 0.235. The lowest BCUT2D eigenvalue weighted by molar-refractivity contribution is 0.115. The maximum Gasteiger partial charge on any atom is 0.123 e. The van der Waals surface area contributed by atoms with Gasteiger partial charge in [0.05, 0.1) is 17.5 Å². The highest BCUT2D eigenvalue weighted by Gasteiger charge is 2.26. The van der Waals surface area contributed by atoms with Crippen LogP contribution in [0.1, 0.15) is 12.6 Å². The lowest BCUT2D eigenvalue weighted by Crippen LogP contribution is -2.22. The van der Waals surface area contributed by atoms with E-state index in [1.807, 2.05) is 18.2 Å². The van der Waals surface area contributed by atoms with E-state index in [0.29, 0.717) is 0 Å². The van der Waals surface area contributed by atoms with E-state index in [1.54, 1.807) is 19.2 Å². The largest absolute Gasteiger partial charge is 0.377 e. The molecule has 0 fully saturated rings. The van der Waals surface area contributed by atoms with Gasteiger partial charge in [0.1, 0.15) is 5.82 Å². The number of methoxy groups -OCH3 is 1. The molecule has 5 heteroatoms. The minimum Gasteiger partial charge on any atom is -0.377 e. The van der Waals surface area contributed by atoms with E-state index in [9.17, 15) is 4.39 Å². The Morgan fingerprint density at radius 1 is 1.27 bits per heavy atom. The Kier molecular flexibility index (Phi) is 4.27. The van der Waals surface area contributed by atoms with Crippen molar-refractivity contribution in [3.63, 3.8) is 0 Å². The summed E-state index contributed by atoms with van der Waals surface area (Å²) in [6.07, 6.45) is 4.08. The number of H-pyrrole nitrogens is 1. The average Bonchev–Trinajstić information content (AvgIpc) is 2.98. The van der Waals surface area contributed by atoms with Gasteiger partial charge in [-0.2, -0.15) is 5.10 Å². The van der Waals surface area contributed by atoms with E-state index in [2.05, 4.69) is 33.1 Å². The Morgan fingerprint density at radius 2 is 2.00 bits per heavy atom. The molecule has 2 atom stereocenters. The zero-order valence-electron chi connectivity index (χ0n) is 12.3. The Hall–Kier alpha value is -1.72. The molecule has 0 bridgehead atoms. The highest BCUT2D eigenvalue weighted by molar-refractivity contribution is 9.12. The lowest BCUT2D eigenvalue weighted by atomic mass is 9.88. The standard InChI is InChI=1S/C17H16BrFN2O/c1-10-16(22-2)8-7-13(18)17(10)15-9-14(20-21-15)11-3-5-12(19)6-4-11/h3-10,16H,1-2H3,(H,20,21). The third kappa shape index (κ3) is 2.78. The van der Waals surface area contributed by atoms with Crippen LogP contribution in [0.4, 0.5) is 4.39 Å². The van der Waals surface area contributed by atoms with E-state index in [1.165, 1.54) is 12.1 Å². The molecule has 0 radical (unpaired) electrons. The average molecular weight is 363 g/mol. The van der Waals surface area contributed by atoms with Gasteiger partial charge in [-0.1, -0.05) is 28.9 Å². The SMILES string of the molecule is COC1C=CC(Br)=C(c2cc(-c3ccc(F)cc3)n[nH]2)C1C. The van der Waals surface area contributed by atoms with Gasteiger partial charge in [0, 0.05) is 23.1 Å². The first kappa shape index (κ1) is 15.2. The Labute approximate surface area is 137 Å². The molecule has 0 saturated heterocycles. The van der Waals surface area contributed by atoms with Gasteiger partial charge in [0.25, 0.3) is 0 Å². The predicted octanol–water partition coefficient (Wildman–Crippen LogP) is 4.54. The molecule has 3 rings (SSSR count). The summed E-state index contributed by atoms with van der Waals surface area (Å²) < 4.78 is 19.5. The molecule has 22 heavy (non-hydrogen) atoms. The molecule has 3 nitrogen and oxygen atoms in total. The topological polar surface area (TPSA) is 37.9 Å². The second-order valence-corrected chi connectivity index (χ2v) is 6.14. The van der Waals surface area contributed by atoms with Crippen molar-refractivity contribution in [2.45, 2.75) is 13.0 Å². The smallest absolute Gasteiger partial charge is 0.123 e. The predicted molar refractivity (Wildman–Crippen MR) is 88.9 cm³/mol. The molecule has 1 aromatic carbocycles. The second kappa shape index (κ2) is 6.18. The number of allylic oxidation sites excluding steroid dienone is 2. The summed E-state index contributed by atoms with van der Waals surface area (Å²) in [5.74, 6) is -0.0511. The third-order valence-electron chi connectivity index (χ3n) is 3.92. The monoisotopic (exact) mass is 362 g/mol. The number of rotatable bonds is 3. The fourth-order valence-electron chi connectivity index (χ4n) is 2.70. The third-order valence-corrected chi connectivity index (χ3v) is 4.61. The van der Waals surface area contributed by atoms with Crippen LogP contribution in [0.15, 0.2) is 47.0 Å². The van der Waals surface area contributed by atoms with Crippen LogP contribution in [0.3, 0.4) is 0 Å². The van der Waals surface area contributed by atoms with Crippen LogP contribution in [-0.2, 0) is 4.74 Å². The number of ether oxygens (including phenoxy) is 1. The Morgan fingerprint density at radius 3 is 2.68 bits per heavy atom. The zero-order chi connectivity index (χ0) is 15.7. The Bertz CT molecular complexity index is 733. The van der Waals surface area contributed by atoms with Gasteiger partial charge in [0.15, 0.2) is 0 Å². The van der Waals surface area contributed by atoms with Crippen LogP contribution in [0, 0.1) is 11.7 Å².